The number of imidazole rings is 1. The van der Waals surface area contributed by atoms with Crippen molar-refractivity contribution in [2.75, 3.05) is 56.6 Å². The van der Waals surface area contributed by atoms with E-state index in [0.717, 1.165) is 58.7 Å². The summed E-state index contributed by atoms with van der Waals surface area (Å²) in [6.07, 6.45) is 1.62. The number of benzene rings is 1. The Morgan fingerprint density at radius 1 is 1.14 bits per heavy atom. The second-order valence-electron chi connectivity index (χ2n) is 11.2. The van der Waals surface area contributed by atoms with Crippen LogP contribution in [0.2, 0.25) is 0 Å². The number of aliphatic carboxylic acids is 1. The van der Waals surface area contributed by atoms with E-state index in [2.05, 4.69) is 22.8 Å². The number of nitrogens with zero attached hydrogens (tertiary/aromatic N) is 9. The van der Waals surface area contributed by atoms with Crippen molar-refractivity contribution in [1.29, 1.82) is 5.26 Å². The first kappa shape index (κ1) is 29.0. The molecule has 43 heavy (non-hydrogen) atoms. The number of hydrogen-bond acceptors (Lipinski definition) is 11. The van der Waals surface area contributed by atoms with Crippen LogP contribution in [0.3, 0.4) is 0 Å². The second kappa shape index (κ2) is 11.6. The van der Waals surface area contributed by atoms with Gasteiger partial charge in [-0.15, -0.1) is 5.10 Å². The highest BCUT2D eigenvalue weighted by molar-refractivity contribution is 7.20. The fourth-order valence-electron chi connectivity index (χ4n) is 5.55. The number of carbonyl (C=O) groups excluding carboxylic acids is 1. The van der Waals surface area contributed by atoms with Gasteiger partial charge in [-0.1, -0.05) is 59.4 Å². The molecule has 1 aromatic carbocycles. The third-order valence-electron chi connectivity index (χ3n) is 8.25. The van der Waals surface area contributed by atoms with Gasteiger partial charge in [-0.05, 0) is 26.8 Å². The van der Waals surface area contributed by atoms with Crippen molar-refractivity contribution in [3.05, 3.63) is 40.4 Å². The number of aromatic nitrogens is 4. The smallest absolute Gasteiger partial charge is 0.310 e. The number of anilines is 3. The number of likely N-dealkylation sites (N-methyl/N-ethyl adjacent to an activating group) is 1. The predicted octanol–water partition coefficient (Wildman–Crippen LogP) is 3.48. The molecule has 4 aromatic rings. The third-order valence-corrected chi connectivity index (χ3v) is 10.3. The first-order valence-electron chi connectivity index (χ1n) is 14.2. The highest BCUT2D eigenvalue weighted by atomic mass is 32.1. The fraction of sp³-hybridized carbons (Fsp3) is 0.448. The lowest BCUT2D eigenvalue weighted by molar-refractivity contribution is -0.153. The largest absolute Gasteiger partial charge is 0.481 e. The van der Waals surface area contributed by atoms with E-state index in [0.29, 0.717) is 28.8 Å². The summed E-state index contributed by atoms with van der Waals surface area (Å²) >= 11 is 2.89. The molecule has 2 saturated heterocycles. The van der Waals surface area contributed by atoms with E-state index in [4.69, 9.17) is 20.2 Å². The summed E-state index contributed by atoms with van der Waals surface area (Å²) in [7, 11) is 3.89. The lowest BCUT2D eigenvalue weighted by Crippen LogP contribution is -2.55. The number of likely N-dealkylation sites (tertiary alicyclic amines) is 1. The van der Waals surface area contributed by atoms with E-state index in [1.807, 2.05) is 54.7 Å². The van der Waals surface area contributed by atoms with Gasteiger partial charge in [-0.25, -0.2) is 9.97 Å². The molecule has 2 aliphatic heterocycles. The van der Waals surface area contributed by atoms with Crippen LogP contribution in [0.4, 0.5) is 16.1 Å². The van der Waals surface area contributed by atoms with Crippen molar-refractivity contribution in [3.8, 4) is 17.3 Å². The third kappa shape index (κ3) is 5.44. The maximum atomic E-state index is 12.6. The summed E-state index contributed by atoms with van der Waals surface area (Å²) in [6.45, 7) is 6.50. The van der Waals surface area contributed by atoms with Crippen LogP contribution in [0.25, 0.3) is 16.2 Å². The molecule has 0 radical (unpaired) electrons. The number of rotatable bonds is 9. The Bertz CT molecular complexity index is 1710. The Kier molecular flexibility index (Phi) is 7.80. The monoisotopic (exact) mass is 619 g/mol. The number of carbonyl (C=O) groups is 2. The molecule has 1 atom stereocenters. The van der Waals surface area contributed by atoms with Gasteiger partial charge < -0.3 is 19.8 Å². The van der Waals surface area contributed by atoms with Gasteiger partial charge in [0.1, 0.15) is 16.6 Å². The van der Waals surface area contributed by atoms with E-state index in [1.165, 1.54) is 22.7 Å². The van der Waals surface area contributed by atoms with E-state index in [1.54, 1.807) is 4.90 Å². The van der Waals surface area contributed by atoms with Gasteiger partial charge in [0.15, 0.2) is 10.9 Å². The van der Waals surface area contributed by atoms with E-state index in [9.17, 15) is 14.9 Å². The zero-order valence-electron chi connectivity index (χ0n) is 24.5. The SMILES string of the molecule is CCc1nc2sc(N3CCC(N(C)CC(=O)N4CC(C(=O)O)C4)C3)nn2c1N(C)c1nc(-c2ccc(C)cc2)c(C#N)s1. The summed E-state index contributed by atoms with van der Waals surface area (Å²) in [5, 5.41) is 25.5. The summed E-state index contributed by atoms with van der Waals surface area (Å²) in [5.74, 6) is -0.486. The quantitative estimate of drug-likeness (QED) is 0.297. The minimum atomic E-state index is -0.843. The van der Waals surface area contributed by atoms with E-state index in [-0.39, 0.29) is 18.5 Å². The predicted molar refractivity (Wildman–Crippen MR) is 166 cm³/mol. The van der Waals surface area contributed by atoms with Gasteiger partial charge in [0, 0.05) is 44.8 Å². The molecular weight excluding hydrogens is 587 g/mol. The van der Waals surface area contributed by atoms with E-state index >= 15 is 0 Å². The van der Waals surface area contributed by atoms with Gasteiger partial charge in [-0.3, -0.25) is 14.5 Å². The van der Waals surface area contributed by atoms with Gasteiger partial charge in [-0.2, -0.15) is 9.78 Å². The molecule has 224 valence electrons. The first-order chi connectivity index (χ1) is 20.7. The molecule has 0 aliphatic carbocycles. The number of carboxylic acids is 1. The van der Waals surface area contributed by atoms with Gasteiger partial charge in [0.05, 0.1) is 18.2 Å². The van der Waals surface area contributed by atoms with Crippen molar-refractivity contribution >= 4 is 55.6 Å². The van der Waals surface area contributed by atoms with Crippen LogP contribution < -0.4 is 9.80 Å². The van der Waals surface area contributed by atoms with Gasteiger partial charge in [0.25, 0.3) is 0 Å². The molecule has 5 heterocycles. The number of nitriles is 1. The molecule has 0 bridgehead atoms. The Morgan fingerprint density at radius 3 is 2.56 bits per heavy atom. The summed E-state index contributed by atoms with van der Waals surface area (Å²) in [4.78, 5) is 42.7. The number of carboxylic acid groups (broad SMARTS) is 1. The van der Waals surface area contributed by atoms with Crippen molar-refractivity contribution in [2.45, 2.75) is 32.7 Å². The number of thiazole rings is 1. The lowest BCUT2D eigenvalue weighted by atomic mass is 10.0. The van der Waals surface area contributed by atoms with Crippen LogP contribution in [0.1, 0.15) is 29.5 Å². The van der Waals surface area contributed by atoms with Crippen molar-refractivity contribution in [1.82, 2.24) is 29.4 Å². The zero-order chi connectivity index (χ0) is 30.4. The molecule has 1 amide bonds. The van der Waals surface area contributed by atoms with Crippen molar-refractivity contribution in [2.24, 2.45) is 5.92 Å². The van der Waals surface area contributed by atoms with Crippen molar-refractivity contribution in [3.63, 3.8) is 0 Å². The highest BCUT2D eigenvalue weighted by Crippen LogP contribution is 2.38. The van der Waals surface area contributed by atoms with E-state index < -0.39 is 11.9 Å². The fourth-order valence-corrected chi connectivity index (χ4v) is 7.35. The Balaban J connectivity index is 1.19. The second-order valence-corrected chi connectivity index (χ2v) is 13.1. The maximum absolute atomic E-state index is 12.6. The standard InChI is InChI=1S/C29H33N9O3S2/c1-5-21-25(35(4)27-32-24(22(12-30)42-27)18-8-6-17(2)7-9-18)38-28(31-21)43-29(33-38)36-11-10-20(15-36)34(3)16-23(39)37-13-19(14-37)26(40)41/h6-9,19-20H,5,10-11,13-16H2,1-4H3,(H,40,41). The average Bonchev–Trinajstić information content (AvgIpc) is 3.74. The minimum Gasteiger partial charge on any atom is -0.481 e. The Hall–Kier alpha value is -4.06. The van der Waals surface area contributed by atoms with Gasteiger partial charge in [0.2, 0.25) is 16.0 Å². The summed E-state index contributed by atoms with van der Waals surface area (Å²) < 4.78 is 1.88. The molecule has 12 nitrogen and oxygen atoms in total. The van der Waals surface area contributed by atoms with Crippen molar-refractivity contribution < 1.29 is 14.7 Å². The molecule has 2 aliphatic rings. The highest BCUT2D eigenvalue weighted by Gasteiger charge is 2.37. The molecule has 3 aromatic heterocycles. The lowest BCUT2D eigenvalue weighted by Gasteiger charge is -2.38. The van der Waals surface area contributed by atoms with Gasteiger partial charge >= 0.3 is 5.97 Å². The molecule has 1 unspecified atom stereocenters. The molecule has 0 saturated carbocycles. The molecule has 2 fully saturated rings. The number of amides is 1. The van der Waals surface area contributed by atoms with Crippen LogP contribution >= 0.6 is 22.7 Å². The molecule has 14 heteroatoms. The van der Waals surface area contributed by atoms with Crippen LogP contribution in [0, 0.1) is 24.2 Å². The Labute approximate surface area is 257 Å². The summed E-state index contributed by atoms with van der Waals surface area (Å²) in [5.41, 5.74) is 3.64. The molecular formula is C29H33N9O3S2. The topological polar surface area (TPSA) is 134 Å². The molecule has 0 spiro atoms. The number of aryl methyl sites for hydroxylation is 2. The summed E-state index contributed by atoms with van der Waals surface area (Å²) in [6, 6.07) is 10.5. The average molecular weight is 620 g/mol. The van der Waals surface area contributed by atoms with Crippen LogP contribution in [0.15, 0.2) is 24.3 Å². The maximum Gasteiger partial charge on any atom is 0.310 e. The normalized spacial score (nSPS) is 17.1. The number of hydrogen-bond donors (Lipinski definition) is 1. The Morgan fingerprint density at radius 2 is 1.88 bits per heavy atom. The van der Waals surface area contributed by atoms with Crippen LogP contribution in [-0.4, -0.2) is 99.2 Å². The number of fused-ring (bicyclic) bond motifs is 1. The molecule has 1 N–H and O–H groups in total. The zero-order valence-corrected chi connectivity index (χ0v) is 26.2. The van der Waals surface area contributed by atoms with Crippen LogP contribution in [0.5, 0.6) is 0 Å². The first-order valence-corrected chi connectivity index (χ1v) is 15.9. The van der Waals surface area contributed by atoms with Crippen LogP contribution in [-0.2, 0) is 16.0 Å². The minimum absolute atomic E-state index is 0.0294. The molecule has 6 rings (SSSR count).